The summed E-state index contributed by atoms with van der Waals surface area (Å²) in [5.74, 6) is -0.179. The van der Waals surface area contributed by atoms with Gasteiger partial charge in [0.15, 0.2) is 5.65 Å². The van der Waals surface area contributed by atoms with Gasteiger partial charge in [0.1, 0.15) is 11.1 Å². The Morgan fingerprint density at radius 1 is 1.26 bits per heavy atom. The monoisotopic (exact) mass is 306 g/mol. The van der Waals surface area contributed by atoms with E-state index in [1.165, 1.54) is 0 Å². The molecule has 0 bridgehead atoms. The maximum Gasteiger partial charge on any atom is 0.253 e. The number of carbonyl (C=O) groups excluding carboxylic acids is 1. The summed E-state index contributed by atoms with van der Waals surface area (Å²) in [6.07, 6.45) is 4.94. The average Bonchev–Trinajstić information content (AvgIpc) is 3.17. The normalized spacial score (nSPS) is 11.2. The number of imidazole rings is 1. The SMILES string of the molecule is Cn1cnc2c(C(=O)NCc3coc4ccccc34)ccnc21. The Kier molecular flexibility index (Phi) is 3.08. The fourth-order valence-electron chi connectivity index (χ4n) is 2.65. The molecule has 0 saturated carbocycles. The summed E-state index contributed by atoms with van der Waals surface area (Å²) in [5, 5.41) is 3.92. The van der Waals surface area contributed by atoms with Crippen molar-refractivity contribution in [2.75, 3.05) is 0 Å². The summed E-state index contributed by atoms with van der Waals surface area (Å²) in [6, 6.07) is 9.43. The van der Waals surface area contributed by atoms with Crippen LogP contribution in [-0.4, -0.2) is 20.4 Å². The van der Waals surface area contributed by atoms with Crippen LogP contribution in [0.15, 0.2) is 53.5 Å². The molecule has 6 heteroatoms. The third kappa shape index (κ3) is 2.24. The van der Waals surface area contributed by atoms with Crippen molar-refractivity contribution in [3.8, 4) is 0 Å². The molecule has 1 amide bonds. The van der Waals surface area contributed by atoms with E-state index in [0.29, 0.717) is 23.3 Å². The number of nitrogens with zero attached hydrogens (tertiary/aromatic N) is 3. The average molecular weight is 306 g/mol. The highest BCUT2D eigenvalue weighted by molar-refractivity contribution is 6.04. The van der Waals surface area contributed by atoms with Crippen LogP contribution in [0.5, 0.6) is 0 Å². The Morgan fingerprint density at radius 2 is 2.13 bits per heavy atom. The van der Waals surface area contributed by atoms with Crippen LogP contribution >= 0.6 is 0 Å². The zero-order valence-corrected chi connectivity index (χ0v) is 12.5. The predicted molar refractivity (Wildman–Crippen MR) is 85.9 cm³/mol. The summed E-state index contributed by atoms with van der Waals surface area (Å²) < 4.78 is 7.27. The molecule has 1 N–H and O–H groups in total. The quantitative estimate of drug-likeness (QED) is 0.631. The van der Waals surface area contributed by atoms with Gasteiger partial charge in [-0.2, -0.15) is 0 Å². The van der Waals surface area contributed by atoms with E-state index in [0.717, 1.165) is 16.5 Å². The summed E-state index contributed by atoms with van der Waals surface area (Å²) >= 11 is 0. The number of nitrogens with one attached hydrogen (secondary N) is 1. The number of benzene rings is 1. The second kappa shape index (κ2) is 5.24. The highest BCUT2D eigenvalue weighted by Gasteiger charge is 2.14. The van der Waals surface area contributed by atoms with Crippen LogP contribution in [0, 0.1) is 0 Å². The third-order valence-electron chi connectivity index (χ3n) is 3.84. The van der Waals surface area contributed by atoms with Crippen molar-refractivity contribution >= 4 is 28.0 Å². The Hall–Kier alpha value is -3.15. The molecule has 0 aliphatic heterocycles. The van der Waals surface area contributed by atoms with Crippen LogP contribution in [0.25, 0.3) is 22.1 Å². The van der Waals surface area contributed by atoms with Gasteiger partial charge in [0.05, 0.1) is 18.2 Å². The van der Waals surface area contributed by atoms with Crippen LogP contribution in [-0.2, 0) is 13.6 Å². The zero-order valence-electron chi connectivity index (χ0n) is 12.5. The number of aromatic nitrogens is 3. The molecular formula is C17H14N4O2. The van der Waals surface area contributed by atoms with Gasteiger partial charge in [-0.25, -0.2) is 9.97 Å². The van der Waals surface area contributed by atoms with Gasteiger partial charge >= 0.3 is 0 Å². The summed E-state index contributed by atoms with van der Waals surface area (Å²) in [4.78, 5) is 21.0. The van der Waals surface area contributed by atoms with Crippen molar-refractivity contribution in [1.82, 2.24) is 19.9 Å². The van der Waals surface area contributed by atoms with Crippen molar-refractivity contribution in [3.05, 3.63) is 60.2 Å². The number of hydrogen-bond donors (Lipinski definition) is 1. The molecule has 114 valence electrons. The first-order valence-corrected chi connectivity index (χ1v) is 7.23. The first-order chi connectivity index (χ1) is 11.2. The first kappa shape index (κ1) is 13.5. The van der Waals surface area contributed by atoms with Gasteiger partial charge in [-0.1, -0.05) is 18.2 Å². The lowest BCUT2D eigenvalue weighted by Crippen LogP contribution is -2.23. The predicted octanol–water partition coefficient (Wildman–Crippen LogP) is 2.64. The van der Waals surface area contributed by atoms with Crippen LogP contribution in [0.1, 0.15) is 15.9 Å². The molecule has 23 heavy (non-hydrogen) atoms. The van der Waals surface area contributed by atoms with Crippen LogP contribution in [0.2, 0.25) is 0 Å². The topological polar surface area (TPSA) is 73.0 Å². The van der Waals surface area contributed by atoms with Gasteiger partial charge in [-0.05, 0) is 12.1 Å². The molecule has 4 rings (SSSR count). The lowest BCUT2D eigenvalue weighted by Gasteiger charge is -2.05. The summed E-state index contributed by atoms with van der Waals surface area (Å²) in [5.41, 5.74) is 3.56. The number of amides is 1. The fraction of sp³-hybridized carbons (Fsp3) is 0.118. The smallest absolute Gasteiger partial charge is 0.253 e. The Balaban J connectivity index is 1.60. The van der Waals surface area contributed by atoms with E-state index in [2.05, 4.69) is 15.3 Å². The number of furan rings is 1. The van der Waals surface area contributed by atoms with Crippen LogP contribution in [0.4, 0.5) is 0 Å². The minimum atomic E-state index is -0.179. The van der Waals surface area contributed by atoms with Crippen LogP contribution in [0.3, 0.4) is 0 Å². The molecule has 0 spiro atoms. The molecule has 1 aromatic carbocycles. The maximum atomic E-state index is 12.5. The number of para-hydroxylation sites is 1. The number of hydrogen-bond acceptors (Lipinski definition) is 4. The van der Waals surface area contributed by atoms with E-state index in [4.69, 9.17) is 4.42 Å². The molecule has 0 aliphatic rings. The Labute approximate surface area is 131 Å². The second-order valence-corrected chi connectivity index (χ2v) is 5.33. The number of carbonyl (C=O) groups is 1. The molecule has 0 saturated heterocycles. The third-order valence-corrected chi connectivity index (χ3v) is 3.84. The van der Waals surface area contributed by atoms with Gasteiger partial charge < -0.3 is 14.3 Å². The highest BCUT2D eigenvalue weighted by atomic mass is 16.3. The maximum absolute atomic E-state index is 12.5. The molecule has 0 atom stereocenters. The van der Waals surface area contributed by atoms with Crippen molar-refractivity contribution in [2.45, 2.75) is 6.54 Å². The molecule has 0 radical (unpaired) electrons. The molecule has 4 aromatic rings. The minimum Gasteiger partial charge on any atom is -0.464 e. The summed E-state index contributed by atoms with van der Waals surface area (Å²) in [7, 11) is 1.85. The van der Waals surface area contributed by atoms with Gasteiger partial charge in [-0.15, -0.1) is 0 Å². The standard InChI is InChI=1S/C17H14N4O2/c1-21-10-20-15-13(6-7-18-16(15)21)17(22)19-8-11-9-23-14-5-3-2-4-12(11)14/h2-7,9-10H,8H2,1H3,(H,19,22). The van der Waals surface area contributed by atoms with Gasteiger partial charge in [0, 0.05) is 30.7 Å². The zero-order chi connectivity index (χ0) is 15.8. The van der Waals surface area contributed by atoms with Crippen molar-refractivity contribution < 1.29 is 9.21 Å². The highest BCUT2D eigenvalue weighted by Crippen LogP contribution is 2.21. The molecule has 6 nitrogen and oxygen atoms in total. The van der Waals surface area contributed by atoms with E-state index < -0.39 is 0 Å². The van der Waals surface area contributed by atoms with Gasteiger partial charge in [0.25, 0.3) is 5.91 Å². The summed E-state index contributed by atoms with van der Waals surface area (Å²) in [6.45, 7) is 0.395. The lowest BCUT2D eigenvalue weighted by atomic mass is 10.1. The van der Waals surface area contributed by atoms with Crippen molar-refractivity contribution in [1.29, 1.82) is 0 Å². The molecule has 3 aromatic heterocycles. The first-order valence-electron chi connectivity index (χ1n) is 7.23. The number of pyridine rings is 1. The van der Waals surface area contributed by atoms with Gasteiger partial charge in [0.2, 0.25) is 0 Å². The van der Waals surface area contributed by atoms with E-state index in [9.17, 15) is 4.79 Å². The van der Waals surface area contributed by atoms with E-state index >= 15 is 0 Å². The lowest BCUT2D eigenvalue weighted by molar-refractivity contribution is 0.0952. The van der Waals surface area contributed by atoms with Gasteiger partial charge in [-0.3, -0.25) is 4.79 Å². The van der Waals surface area contributed by atoms with E-state index in [-0.39, 0.29) is 5.91 Å². The Bertz CT molecular complexity index is 1020. The van der Waals surface area contributed by atoms with Crippen LogP contribution < -0.4 is 5.32 Å². The molecule has 0 unspecified atom stereocenters. The van der Waals surface area contributed by atoms with Crippen molar-refractivity contribution in [3.63, 3.8) is 0 Å². The Morgan fingerprint density at radius 3 is 3.04 bits per heavy atom. The minimum absolute atomic E-state index is 0.179. The number of aryl methyl sites for hydroxylation is 1. The van der Waals surface area contributed by atoms with E-state index in [1.807, 2.05) is 31.3 Å². The molecule has 0 aliphatic carbocycles. The molecule has 3 heterocycles. The number of rotatable bonds is 3. The number of fused-ring (bicyclic) bond motifs is 2. The molecule has 0 fully saturated rings. The molecular weight excluding hydrogens is 292 g/mol. The van der Waals surface area contributed by atoms with E-state index in [1.54, 1.807) is 29.4 Å². The largest absolute Gasteiger partial charge is 0.464 e. The fourth-order valence-corrected chi connectivity index (χ4v) is 2.65. The second-order valence-electron chi connectivity index (χ2n) is 5.33. The van der Waals surface area contributed by atoms with Crippen molar-refractivity contribution in [2.24, 2.45) is 7.05 Å².